The van der Waals surface area contributed by atoms with E-state index in [4.69, 9.17) is 0 Å². The van der Waals surface area contributed by atoms with Crippen LogP contribution in [0.3, 0.4) is 0 Å². The lowest BCUT2D eigenvalue weighted by Crippen LogP contribution is -2.33. The average molecular weight is 449 g/mol. The van der Waals surface area contributed by atoms with Gasteiger partial charge in [0, 0.05) is 35.1 Å². The summed E-state index contributed by atoms with van der Waals surface area (Å²) in [6.45, 7) is 4.46. The number of amides is 3. The minimum Gasteiger partial charge on any atom is -0.351 e. The van der Waals surface area contributed by atoms with Gasteiger partial charge in [-0.25, -0.2) is 4.98 Å². The summed E-state index contributed by atoms with van der Waals surface area (Å²) < 4.78 is 2.00. The normalized spacial score (nSPS) is 18.6. The van der Waals surface area contributed by atoms with Crippen molar-refractivity contribution in [2.45, 2.75) is 58.0 Å². The molecule has 1 aromatic carbocycles. The van der Waals surface area contributed by atoms with Crippen LogP contribution in [0.4, 0.5) is 5.82 Å². The zero-order chi connectivity index (χ0) is 23.1. The van der Waals surface area contributed by atoms with Crippen LogP contribution in [0, 0.1) is 6.92 Å². The highest BCUT2D eigenvalue weighted by molar-refractivity contribution is 6.07. The molecule has 33 heavy (non-hydrogen) atoms. The number of carbonyl (C=O) groups excluding carboxylic acids is 3. The van der Waals surface area contributed by atoms with E-state index < -0.39 is 0 Å². The molecule has 0 saturated heterocycles. The summed E-state index contributed by atoms with van der Waals surface area (Å²) in [5, 5.41) is 9.64. The molecule has 5 rings (SSSR count). The molecule has 3 aromatic rings. The second-order valence-electron chi connectivity index (χ2n) is 9.03. The molecular weight excluding hydrogens is 420 g/mol. The van der Waals surface area contributed by atoms with Crippen molar-refractivity contribution in [2.24, 2.45) is 0 Å². The third-order valence-corrected chi connectivity index (χ3v) is 6.65. The van der Waals surface area contributed by atoms with E-state index in [2.05, 4.69) is 32.8 Å². The predicted molar refractivity (Wildman–Crippen MR) is 125 cm³/mol. The van der Waals surface area contributed by atoms with Crippen molar-refractivity contribution in [3.63, 3.8) is 0 Å². The summed E-state index contributed by atoms with van der Waals surface area (Å²) in [6, 6.07) is 7.57. The Balaban J connectivity index is 1.38. The zero-order valence-electron chi connectivity index (χ0n) is 18.8. The van der Waals surface area contributed by atoms with Crippen LogP contribution in [-0.2, 0) is 0 Å². The first-order valence-corrected chi connectivity index (χ1v) is 11.5. The Hall–Kier alpha value is -3.62. The molecule has 0 bridgehead atoms. The number of benzene rings is 1. The number of H-pyrrole nitrogens is 1. The van der Waals surface area contributed by atoms with Gasteiger partial charge >= 0.3 is 0 Å². The zero-order valence-corrected chi connectivity index (χ0v) is 18.8. The van der Waals surface area contributed by atoms with E-state index >= 15 is 0 Å². The standard InChI is InChI=1S/C24H28N6O3/c1-13-9-10-25-23(32)19-11-15-7-8-16(12-18(15)30(13)19)22(31)29-20-14(2)26-21(28-20)24(33)27-17-5-3-4-6-17/h7-8,11-13,17H,3-6,9-10H2,1-2H3,(H,25,32)(H,26,28)(H,27,33)(H,29,31). The third-order valence-electron chi connectivity index (χ3n) is 6.65. The van der Waals surface area contributed by atoms with Crippen molar-refractivity contribution >= 4 is 34.4 Å². The number of nitrogens with one attached hydrogen (secondary N) is 4. The van der Waals surface area contributed by atoms with Crippen molar-refractivity contribution < 1.29 is 14.4 Å². The molecule has 1 saturated carbocycles. The van der Waals surface area contributed by atoms with Gasteiger partial charge in [-0.1, -0.05) is 18.9 Å². The smallest absolute Gasteiger partial charge is 0.287 e. The fraction of sp³-hybridized carbons (Fsp3) is 0.417. The molecule has 4 N–H and O–H groups in total. The SMILES string of the molecule is Cc1[nH]c(C(=O)NC2CCCC2)nc1NC(=O)c1ccc2cc3n(c2c1)C(C)CCNC3=O. The first-order valence-electron chi connectivity index (χ1n) is 11.5. The molecule has 2 aromatic heterocycles. The number of hydrogen-bond acceptors (Lipinski definition) is 4. The highest BCUT2D eigenvalue weighted by atomic mass is 16.2. The van der Waals surface area contributed by atoms with Crippen LogP contribution in [0.5, 0.6) is 0 Å². The first kappa shape index (κ1) is 21.2. The van der Waals surface area contributed by atoms with Gasteiger partial charge in [-0.15, -0.1) is 0 Å². The Bertz CT molecular complexity index is 1250. The number of imidazole rings is 1. The topological polar surface area (TPSA) is 121 Å². The van der Waals surface area contributed by atoms with Gasteiger partial charge in [0.25, 0.3) is 17.7 Å². The lowest BCUT2D eigenvalue weighted by Gasteiger charge is -2.14. The number of aromatic amines is 1. The van der Waals surface area contributed by atoms with Crippen LogP contribution in [0.2, 0.25) is 0 Å². The number of fused-ring (bicyclic) bond motifs is 3. The van der Waals surface area contributed by atoms with E-state index in [1.165, 1.54) is 0 Å². The molecule has 3 heterocycles. The van der Waals surface area contributed by atoms with E-state index in [0.29, 0.717) is 29.3 Å². The molecule has 1 aliphatic heterocycles. The molecule has 172 valence electrons. The number of aryl methyl sites for hydroxylation is 1. The monoisotopic (exact) mass is 448 g/mol. The van der Waals surface area contributed by atoms with Crippen molar-refractivity contribution in [3.8, 4) is 0 Å². The minimum atomic E-state index is -0.324. The number of nitrogens with zero attached hydrogens (tertiary/aromatic N) is 2. The lowest BCUT2D eigenvalue weighted by molar-refractivity contribution is 0.0925. The van der Waals surface area contributed by atoms with Crippen molar-refractivity contribution in [1.29, 1.82) is 0 Å². The van der Waals surface area contributed by atoms with Crippen molar-refractivity contribution in [3.05, 3.63) is 47.0 Å². The van der Waals surface area contributed by atoms with Crippen LogP contribution in [0.15, 0.2) is 24.3 Å². The third kappa shape index (κ3) is 3.99. The molecule has 0 spiro atoms. The van der Waals surface area contributed by atoms with Crippen molar-refractivity contribution in [1.82, 2.24) is 25.2 Å². The van der Waals surface area contributed by atoms with E-state index in [-0.39, 0.29) is 35.6 Å². The highest BCUT2D eigenvalue weighted by Crippen LogP contribution is 2.28. The van der Waals surface area contributed by atoms with Gasteiger partial charge in [-0.2, -0.15) is 0 Å². The van der Waals surface area contributed by atoms with Gasteiger partial charge in [0.2, 0.25) is 0 Å². The van der Waals surface area contributed by atoms with Gasteiger partial charge in [0.05, 0.1) is 5.69 Å². The maximum Gasteiger partial charge on any atom is 0.287 e. The second-order valence-corrected chi connectivity index (χ2v) is 9.03. The highest BCUT2D eigenvalue weighted by Gasteiger charge is 2.24. The number of hydrogen-bond donors (Lipinski definition) is 4. The van der Waals surface area contributed by atoms with E-state index in [1.54, 1.807) is 19.1 Å². The Kier molecular flexibility index (Phi) is 5.39. The van der Waals surface area contributed by atoms with E-state index in [9.17, 15) is 14.4 Å². The molecule has 9 heteroatoms. The maximum absolute atomic E-state index is 13.0. The fourth-order valence-electron chi connectivity index (χ4n) is 4.82. The summed E-state index contributed by atoms with van der Waals surface area (Å²) >= 11 is 0. The predicted octanol–water partition coefficient (Wildman–Crippen LogP) is 3.29. The van der Waals surface area contributed by atoms with Crippen LogP contribution in [0.25, 0.3) is 10.9 Å². The van der Waals surface area contributed by atoms with Crippen LogP contribution in [-0.4, -0.2) is 44.8 Å². The summed E-state index contributed by atoms with van der Waals surface area (Å²) in [4.78, 5) is 45.2. The average Bonchev–Trinajstić information content (AvgIpc) is 3.50. The maximum atomic E-state index is 13.0. The van der Waals surface area contributed by atoms with Gasteiger partial charge in [-0.3, -0.25) is 14.4 Å². The van der Waals surface area contributed by atoms with Crippen LogP contribution >= 0.6 is 0 Å². The number of anilines is 1. The fourth-order valence-corrected chi connectivity index (χ4v) is 4.82. The molecule has 0 radical (unpaired) electrons. The van der Waals surface area contributed by atoms with Crippen molar-refractivity contribution in [2.75, 3.05) is 11.9 Å². The lowest BCUT2D eigenvalue weighted by atomic mass is 10.1. The molecule has 1 aliphatic carbocycles. The van der Waals surface area contributed by atoms with Gasteiger partial charge < -0.3 is 25.5 Å². The van der Waals surface area contributed by atoms with Gasteiger partial charge in [0.1, 0.15) is 5.69 Å². The number of carbonyl (C=O) groups is 3. The Morgan fingerprint density at radius 2 is 1.91 bits per heavy atom. The molecular formula is C24H28N6O3. The first-order chi connectivity index (χ1) is 15.9. The Morgan fingerprint density at radius 3 is 2.70 bits per heavy atom. The van der Waals surface area contributed by atoms with Crippen LogP contribution in [0.1, 0.15) is 82.2 Å². The quantitative estimate of drug-likeness (QED) is 0.489. The minimum absolute atomic E-state index is 0.0999. The summed E-state index contributed by atoms with van der Waals surface area (Å²) in [7, 11) is 0. The molecule has 1 atom stereocenters. The summed E-state index contributed by atoms with van der Waals surface area (Å²) in [5.74, 6) is -0.150. The Labute approximate surface area is 191 Å². The van der Waals surface area contributed by atoms with Crippen LogP contribution < -0.4 is 16.0 Å². The molecule has 1 fully saturated rings. The number of aromatic nitrogens is 3. The molecule has 1 unspecified atom stereocenters. The Morgan fingerprint density at radius 1 is 1.12 bits per heavy atom. The summed E-state index contributed by atoms with van der Waals surface area (Å²) in [5.41, 5.74) is 2.52. The van der Waals surface area contributed by atoms with E-state index in [1.807, 2.05) is 16.7 Å². The number of rotatable bonds is 4. The molecule has 9 nitrogen and oxygen atoms in total. The molecule has 2 aliphatic rings. The van der Waals surface area contributed by atoms with E-state index in [0.717, 1.165) is 43.0 Å². The summed E-state index contributed by atoms with van der Waals surface area (Å²) in [6.07, 6.45) is 5.05. The van der Waals surface area contributed by atoms with Gasteiger partial charge in [-0.05, 0) is 51.3 Å². The second kappa shape index (κ2) is 8.38. The largest absolute Gasteiger partial charge is 0.351 e. The van der Waals surface area contributed by atoms with Gasteiger partial charge in [0.15, 0.2) is 11.6 Å². The molecule has 3 amide bonds.